The van der Waals surface area contributed by atoms with Crippen molar-refractivity contribution in [1.29, 1.82) is 0 Å². The quantitative estimate of drug-likeness (QED) is 0.573. The summed E-state index contributed by atoms with van der Waals surface area (Å²) in [6.07, 6.45) is 0. The first-order chi connectivity index (χ1) is 12.3. The summed E-state index contributed by atoms with van der Waals surface area (Å²) in [5.74, 6) is 0. The molecular weight excluding hydrogens is 318 g/mol. The Kier molecular flexibility index (Phi) is 3.74. The van der Waals surface area contributed by atoms with Gasteiger partial charge in [-0.05, 0) is 31.2 Å². The van der Waals surface area contributed by atoms with Crippen molar-refractivity contribution in [3.8, 4) is 17.4 Å². The molecule has 0 amide bonds. The number of ether oxygens (including phenoxy) is 1. The summed E-state index contributed by atoms with van der Waals surface area (Å²) in [6.45, 7) is 2.23. The van der Waals surface area contributed by atoms with Gasteiger partial charge < -0.3 is 4.74 Å². The highest BCUT2D eigenvalue weighted by Gasteiger charge is 2.19. The van der Waals surface area contributed by atoms with Gasteiger partial charge in [0.2, 0.25) is 0 Å². The minimum atomic E-state index is -0.318. The predicted octanol–water partition coefficient (Wildman–Crippen LogP) is 2.37. The lowest BCUT2D eigenvalue weighted by Gasteiger charge is -2.11. The number of rotatable bonds is 4. The average molecular weight is 333 g/mol. The van der Waals surface area contributed by atoms with Gasteiger partial charge >= 0.3 is 6.01 Å². The van der Waals surface area contributed by atoms with Crippen molar-refractivity contribution in [2.24, 2.45) is 0 Å². The van der Waals surface area contributed by atoms with E-state index < -0.39 is 0 Å². The standard InChI is InChI=1S/C18H15N5O2/c1-2-25-18-19-16-15(17(24)22(18)13-9-5-3-6-10-13)20-21-23(16)14-11-7-4-8-12-14/h3-12H,2H2,1H3. The molecule has 0 N–H and O–H groups in total. The molecule has 2 aromatic heterocycles. The molecule has 0 bridgehead atoms. The molecule has 0 aliphatic rings. The Morgan fingerprint density at radius 1 is 0.960 bits per heavy atom. The van der Waals surface area contributed by atoms with E-state index in [0.29, 0.717) is 17.9 Å². The molecular formula is C18H15N5O2. The van der Waals surface area contributed by atoms with E-state index in [-0.39, 0.29) is 17.1 Å². The van der Waals surface area contributed by atoms with E-state index in [0.717, 1.165) is 5.69 Å². The fraction of sp³-hybridized carbons (Fsp3) is 0.111. The molecule has 0 fully saturated rings. The fourth-order valence-electron chi connectivity index (χ4n) is 2.62. The van der Waals surface area contributed by atoms with Gasteiger partial charge in [0, 0.05) is 0 Å². The van der Waals surface area contributed by atoms with Gasteiger partial charge in [0.1, 0.15) is 0 Å². The molecule has 0 atom stereocenters. The average Bonchev–Trinajstić information content (AvgIpc) is 3.08. The number of benzene rings is 2. The SMILES string of the molecule is CCOc1nc2c(nnn2-c2ccccc2)c(=O)n1-c1ccccc1. The molecule has 4 aromatic rings. The van der Waals surface area contributed by atoms with Crippen molar-refractivity contribution in [2.75, 3.05) is 6.61 Å². The van der Waals surface area contributed by atoms with E-state index in [9.17, 15) is 4.79 Å². The number of hydrogen-bond donors (Lipinski definition) is 0. The van der Waals surface area contributed by atoms with Crippen molar-refractivity contribution in [3.05, 3.63) is 71.0 Å². The van der Waals surface area contributed by atoms with E-state index in [2.05, 4.69) is 15.3 Å². The third kappa shape index (κ3) is 2.55. The Labute approximate surface area is 143 Å². The maximum atomic E-state index is 13.0. The molecule has 25 heavy (non-hydrogen) atoms. The molecule has 0 aliphatic heterocycles. The molecule has 4 rings (SSSR count). The molecule has 7 nitrogen and oxygen atoms in total. The lowest BCUT2D eigenvalue weighted by Crippen LogP contribution is -2.22. The van der Waals surface area contributed by atoms with E-state index in [1.165, 1.54) is 9.25 Å². The van der Waals surface area contributed by atoms with Crippen molar-refractivity contribution >= 4 is 11.2 Å². The molecule has 0 spiro atoms. The van der Waals surface area contributed by atoms with Gasteiger partial charge in [-0.2, -0.15) is 9.67 Å². The highest BCUT2D eigenvalue weighted by Crippen LogP contribution is 2.18. The van der Waals surface area contributed by atoms with Gasteiger partial charge in [-0.1, -0.05) is 41.6 Å². The van der Waals surface area contributed by atoms with Gasteiger partial charge in [0.15, 0.2) is 11.2 Å². The second-order valence-electron chi connectivity index (χ2n) is 5.31. The summed E-state index contributed by atoms with van der Waals surface area (Å²) in [6, 6.07) is 18.9. The van der Waals surface area contributed by atoms with E-state index in [1.54, 1.807) is 0 Å². The summed E-state index contributed by atoms with van der Waals surface area (Å²) >= 11 is 0. The molecule has 2 aromatic carbocycles. The van der Waals surface area contributed by atoms with Gasteiger partial charge in [0.25, 0.3) is 5.56 Å². The van der Waals surface area contributed by atoms with Crippen LogP contribution in [0.5, 0.6) is 6.01 Å². The summed E-state index contributed by atoms with van der Waals surface area (Å²) in [5, 5.41) is 8.14. The Hall–Kier alpha value is -3.48. The predicted molar refractivity (Wildman–Crippen MR) is 93.4 cm³/mol. The molecule has 124 valence electrons. The molecule has 0 saturated carbocycles. The first-order valence-corrected chi connectivity index (χ1v) is 7.91. The summed E-state index contributed by atoms with van der Waals surface area (Å²) in [4.78, 5) is 17.5. The minimum Gasteiger partial charge on any atom is -0.465 e. The Morgan fingerprint density at radius 2 is 1.60 bits per heavy atom. The Bertz CT molecular complexity index is 1070. The van der Waals surface area contributed by atoms with E-state index in [1.807, 2.05) is 67.6 Å². The Morgan fingerprint density at radius 3 is 2.24 bits per heavy atom. The highest BCUT2D eigenvalue weighted by atomic mass is 16.5. The minimum absolute atomic E-state index is 0.191. The topological polar surface area (TPSA) is 74.8 Å². The lowest BCUT2D eigenvalue weighted by molar-refractivity contribution is 0.303. The zero-order valence-corrected chi connectivity index (χ0v) is 13.5. The van der Waals surface area contributed by atoms with Gasteiger partial charge in [-0.25, -0.2) is 4.57 Å². The molecule has 0 saturated heterocycles. The van der Waals surface area contributed by atoms with Crippen LogP contribution in [-0.2, 0) is 0 Å². The molecule has 2 heterocycles. The van der Waals surface area contributed by atoms with E-state index in [4.69, 9.17) is 4.74 Å². The van der Waals surface area contributed by atoms with Crippen LogP contribution >= 0.6 is 0 Å². The second-order valence-corrected chi connectivity index (χ2v) is 5.31. The van der Waals surface area contributed by atoms with Crippen LogP contribution in [-0.4, -0.2) is 31.2 Å². The van der Waals surface area contributed by atoms with Crippen LogP contribution in [0, 0.1) is 0 Å². The number of fused-ring (bicyclic) bond motifs is 1. The van der Waals surface area contributed by atoms with Crippen molar-refractivity contribution in [2.45, 2.75) is 6.92 Å². The van der Waals surface area contributed by atoms with Crippen molar-refractivity contribution in [1.82, 2.24) is 24.5 Å². The van der Waals surface area contributed by atoms with Crippen molar-refractivity contribution in [3.63, 3.8) is 0 Å². The molecule has 0 aliphatic carbocycles. The summed E-state index contributed by atoms with van der Waals surface area (Å²) < 4.78 is 8.57. The summed E-state index contributed by atoms with van der Waals surface area (Å²) in [7, 11) is 0. The van der Waals surface area contributed by atoms with Gasteiger partial charge in [-0.3, -0.25) is 4.79 Å². The normalized spacial score (nSPS) is 10.9. The number of aromatic nitrogens is 5. The van der Waals surface area contributed by atoms with E-state index >= 15 is 0 Å². The van der Waals surface area contributed by atoms with Crippen LogP contribution in [0.15, 0.2) is 65.5 Å². The molecule has 7 heteroatoms. The van der Waals surface area contributed by atoms with Crippen LogP contribution in [0.2, 0.25) is 0 Å². The van der Waals surface area contributed by atoms with Crippen LogP contribution in [0.1, 0.15) is 6.92 Å². The number of hydrogen-bond acceptors (Lipinski definition) is 5. The maximum Gasteiger partial charge on any atom is 0.306 e. The Balaban J connectivity index is 2.01. The zero-order valence-electron chi connectivity index (χ0n) is 13.5. The second kappa shape index (κ2) is 6.20. The number of para-hydroxylation sites is 2. The van der Waals surface area contributed by atoms with Crippen LogP contribution in [0.4, 0.5) is 0 Å². The largest absolute Gasteiger partial charge is 0.465 e. The molecule has 0 radical (unpaired) electrons. The maximum absolute atomic E-state index is 13.0. The van der Waals surface area contributed by atoms with Crippen LogP contribution in [0.25, 0.3) is 22.5 Å². The first kappa shape index (κ1) is 15.1. The fourth-order valence-corrected chi connectivity index (χ4v) is 2.62. The monoisotopic (exact) mass is 333 g/mol. The zero-order chi connectivity index (χ0) is 17.2. The lowest BCUT2D eigenvalue weighted by atomic mass is 10.3. The van der Waals surface area contributed by atoms with Crippen LogP contribution < -0.4 is 10.3 Å². The first-order valence-electron chi connectivity index (χ1n) is 7.91. The highest BCUT2D eigenvalue weighted by molar-refractivity contribution is 5.71. The number of nitrogens with zero attached hydrogens (tertiary/aromatic N) is 5. The van der Waals surface area contributed by atoms with Crippen molar-refractivity contribution < 1.29 is 4.74 Å². The van der Waals surface area contributed by atoms with Crippen LogP contribution in [0.3, 0.4) is 0 Å². The third-order valence-electron chi connectivity index (χ3n) is 3.73. The summed E-state index contributed by atoms with van der Waals surface area (Å²) in [5.41, 5.74) is 1.68. The molecule has 0 unspecified atom stereocenters. The van der Waals surface area contributed by atoms with Gasteiger partial charge in [0.05, 0.1) is 18.0 Å². The smallest absolute Gasteiger partial charge is 0.306 e. The van der Waals surface area contributed by atoms with Gasteiger partial charge in [-0.15, -0.1) is 5.10 Å². The third-order valence-corrected chi connectivity index (χ3v) is 3.73.